The first kappa shape index (κ1) is 20.3. The van der Waals surface area contributed by atoms with Crippen LogP contribution in [0.25, 0.3) is 10.9 Å². The Hall–Kier alpha value is -3.48. The van der Waals surface area contributed by atoms with Crippen LogP contribution < -0.4 is 15.4 Å². The van der Waals surface area contributed by atoms with E-state index in [0.717, 1.165) is 16.7 Å². The molecule has 7 nitrogen and oxygen atoms in total. The minimum atomic E-state index is -0.517. The number of nitrogens with one attached hydrogen (secondary N) is 2. The first-order valence-electron chi connectivity index (χ1n) is 9.41. The average molecular weight is 395 g/mol. The molecule has 0 spiro atoms. The van der Waals surface area contributed by atoms with Crippen molar-refractivity contribution in [2.75, 3.05) is 24.4 Å². The van der Waals surface area contributed by atoms with Crippen molar-refractivity contribution < 1.29 is 19.1 Å². The third-order valence-electron chi connectivity index (χ3n) is 4.23. The van der Waals surface area contributed by atoms with Crippen LogP contribution in [0.1, 0.15) is 13.8 Å². The number of methoxy groups -OCH3 is 1. The summed E-state index contributed by atoms with van der Waals surface area (Å²) in [5.41, 5.74) is 2.09. The molecule has 152 valence electrons. The molecule has 7 heteroatoms. The molecule has 0 atom stereocenters. The van der Waals surface area contributed by atoms with Gasteiger partial charge >= 0.3 is 6.09 Å². The Balaban J connectivity index is 1.61. The quantitative estimate of drug-likeness (QED) is 0.617. The summed E-state index contributed by atoms with van der Waals surface area (Å²) in [6.07, 6.45) is 1.35. The molecule has 0 aliphatic heterocycles. The van der Waals surface area contributed by atoms with Gasteiger partial charge in [-0.05, 0) is 48.4 Å². The number of hydrogen-bond donors (Lipinski definition) is 2. The number of benzene rings is 2. The normalized spacial score (nSPS) is 10.8. The SMILES string of the molecule is COc1ccc2c(ccn2CC(=O)Nc2cccc(NC(=O)OCC(C)C)c2)c1. The fourth-order valence-corrected chi connectivity index (χ4v) is 2.87. The van der Waals surface area contributed by atoms with Gasteiger partial charge < -0.3 is 19.4 Å². The lowest BCUT2D eigenvalue weighted by atomic mass is 10.2. The lowest BCUT2D eigenvalue weighted by Crippen LogP contribution is -2.19. The van der Waals surface area contributed by atoms with Gasteiger partial charge in [-0.2, -0.15) is 0 Å². The number of amides is 2. The molecule has 2 N–H and O–H groups in total. The van der Waals surface area contributed by atoms with Gasteiger partial charge in [-0.15, -0.1) is 0 Å². The maximum atomic E-state index is 12.5. The summed E-state index contributed by atoms with van der Waals surface area (Å²) in [4.78, 5) is 24.3. The van der Waals surface area contributed by atoms with Crippen LogP contribution in [0.2, 0.25) is 0 Å². The molecule has 1 aromatic heterocycles. The van der Waals surface area contributed by atoms with Crippen LogP contribution in [0.15, 0.2) is 54.7 Å². The first-order valence-corrected chi connectivity index (χ1v) is 9.41. The molecule has 1 heterocycles. The minimum Gasteiger partial charge on any atom is -0.497 e. The molecule has 0 radical (unpaired) electrons. The number of hydrogen-bond acceptors (Lipinski definition) is 4. The van der Waals surface area contributed by atoms with Gasteiger partial charge in [-0.1, -0.05) is 19.9 Å². The van der Waals surface area contributed by atoms with Crippen molar-refractivity contribution in [3.8, 4) is 5.75 Å². The Morgan fingerprint density at radius 1 is 1.03 bits per heavy atom. The molecule has 0 aliphatic carbocycles. The Kier molecular flexibility index (Phi) is 6.39. The van der Waals surface area contributed by atoms with Gasteiger partial charge in [-0.25, -0.2) is 4.79 Å². The third-order valence-corrected chi connectivity index (χ3v) is 4.23. The van der Waals surface area contributed by atoms with Crippen LogP contribution in [0.5, 0.6) is 5.75 Å². The number of fused-ring (bicyclic) bond motifs is 1. The minimum absolute atomic E-state index is 0.169. The third kappa shape index (κ3) is 5.51. The number of rotatable bonds is 7. The van der Waals surface area contributed by atoms with E-state index < -0.39 is 6.09 Å². The van der Waals surface area contributed by atoms with E-state index in [-0.39, 0.29) is 18.4 Å². The zero-order valence-corrected chi connectivity index (χ0v) is 16.8. The van der Waals surface area contributed by atoms with Gasteiger partial charge in [0, 0.05) is 28.5 Å². The Bertz CT molecular complexity index is 1010. The number of carbonyl (C=O) groups excluding carboxylic acids is 2. The molecule has 2 amide bonds. The molecule has 0 unspecified atom stereocenters. The lowest BCUT2D eigenvalue weighted by molar-refractivity contribution is -0.116. The van der Waals surface area contributed by atoms with Gasteiger partial charge in [0.1, 0.15) is 12.3 Å². The predicted octanol–water partition coefficient (Wildman–Crippen LogP) is 4.49. The maximum Gasteiger partial charge on any atom is 0.411 e. The smallest absolute Gasteiger partial charge is 0.411 e. The zero-order valence-electron chi connectivity index (χ0n) is 16.8. The zero-order chi connectivity index (χ0) is 20.8. The second-order valence-electron chi connectivity index (χ2n) is 7.11. The second-order valence-corrected chi connectivity index (χ2v) is 7.11. The summed E-state index contributed by atoms with van der Waals surface area (Å²) in [6, 6.07) is 14.6. The average Bonchev–Trinajstić information content (AvgIpc) is 3.08. The highest BCUT2D eigenvalue weighted by Crippen LogP contribution is 2.22. The Morgan fingerprint density at radius 3 is 2.52 bits per heavy atom. The van der Waals surface area contributed by atoms with Crippen LogP contribution in [0.3, 0.4) is 0 Å². The molecule has 3 rings (SSSR count). The van der Waals surface area contributed by atoms with E-state index in [1.54, 1.807) is 31.4 Å². The molecule has 0 fully saturated rings. The first-order chi connectivity index (χ1) is 13.9. The molecule has 0 aliphatic rings. The fourth-order valence-electron chi connectivity index (χ4n) is 2.87. The summed E-state index contributed by atoms with van der Waals surface area (Å²) >= 11 is 0. The highest BCUT2D eigenvalue weighted by Gasteiger charge is 2.09. The molecule has 29 heavy (non-hydrogen) atoms. The van der Waals surface area contributed by atoms with E-state index in [9.17, 15) is 9.59 Å². The topological polar surface area (TPSA) is 81.6 Å². The van der Waals surface area contributed by atoms with Crippen LogP contribution >= 0.6 is 0 Å². The Labute approximate surface area is 169 Å². The van der Waals surface area contributed by atoms with Gasteiger partial charge in [0.25, 0.3) is 0 Å². The predicted molar refractivity (Wildman–Crippen MR) is 113 cm³/mol. The summed E-state index contributed by atoms with van der Waals surface area (Å²) in [6.45, 7) is 4.45. The van der Waals surface area contributed by atoms with Crippen LogP contribution in [-0.4, -0.2) is 30.3 Å². The highest BCUT2D eigenvalue weighted by molar-refractivity contribution is 5.93. The molecule has 3 aromatic rings. The molecular formula is C22H25N3O4. The number of nitrogens with zero attached hydrogens (tertiary/aromatic N) is 1. The summed E-state index contributed by atoms with van der Waals surface area (Å²) < 4.78 is 12.2. The van der Waals surface area contributed by atoms with E-state index in [0.29, 0.717) is 18.0 Å². The standard InChI is InChI=1S/C22H25N3O4/c1-15(2)14-29-22(27)24-18-6-4-5-17(12-18)23-21(26)13-25-10-9-16-11-19(28-3)7-8-20(16)25/h4-12,15H,13-14H2,1-3H3,(H,23,26)(H,24,27). The fraction of sp³-hybridized carbons (Fsp3) is 0.273. The summed E-state index contributed by atoms with van der Waals surface area (Å²) in [5, 5.41) is 6.52. The summed E-state index contributed by atoms with van der Waals surface area (Å²) in [5.74, 6) is 0.867. The van der Waals surface area contributed by atoms with E-state index in [1.807, 2.05) is 48.9 Å². The van der Waals surface area contributed by atoms with Crippen molar-refractivity contribution in [3.05, 3.63) is 54.7 Å². The molecule has 0 saturated heterocycles. The van der Waals surface area contributed by atoms with E-state index in [1.165, 1.54) is 0 Å². The number of carbonyl (C=O) groups is 2. The van der Waals surface area contributed by atoms with Crippen molar-refractivity contribution in [2.45, 2.75) is 20.4 Å². The molecule has 0 saturated carbocycles. The lowest BCUT2D eigenvalue weighted by Gasteiger charge is -2.11. The van der Waals surface area contributed by atoms with E-state index in [4.69, 9.17) is 9.47 Å². The van der Waals surface area contributed by atoms with Crippen LogP contribution in [0.4, 0.5) is 16.2 Å². The van der Waals surface area contributed by atoms with Crippen molar-refractivity contribution >= 4 is 34.3 Å². The van der Waals surface area contributed by atoms with Gasteiger partial charge in [0.15, 0.2) is 0 Å². The number of anilines is 2. The van der Waals surface area contributed by atoms with Gasteiger partial charge in [0.05, 0.1) is 13.7 Å². The van der Waals surface area contributed by atoms with E-state index >= 15 is 0 Å². The summed E-state index contributed by atoms with van der Waals surface area (Å²) in [7, 11) is 1.62. The number of aromatic nitrogens is 1. The molecule has 0 bridgehead atoms. The molecular weight excluding hydrogens is 370 g/mol. The maximum absolute atomic E-state index is 12.5. The van der Waals surface area contributed by atoms with E-state index in [2.05, 4.69) is 10.6 Å². The largest absolute Gasteiger partial charge is 0.497 e. The van der Waals surface area contributed by atoms with Crippen molar-refractivity contribution in [3.63, 3.8) is 0 Å². The van der Waals surface area contributed by atoms with Crippen LogP contribution in [0, 0.1) is 5.92 Å². The van der Waals surface area contributed by atoms with Gasteiger partial charge in [0.2, 0.25) is 5.91 Å². The van der Waals surface area contributed by atoms with Crippen molar-refractivity contribution in [1.82, 2.24) is 4.57 Å². The van der Waals surface area contributed by atoms with Crippen molar-refractivity contribution in [1.29, 1.82) is 0 Å². The molecule has 2 aromatic carbocycles. The number of ether oxygens (including phenoxy) is 2. The van der Waals surface area contributed by atoms with Crippen LogP contribution in [-0.2, 0) is 16.1 Å². The second kappa shape index (κ2) is 9.14. The highest BCUT2D eigenvalue weighted by atomic mass is 16.5. The monoisotopic (exact) mass is 395 g/mol. The van der Waals surface area contributed by atoms with Crippen molar-refractivity contribution in [2.24, 2.45) is 5.92 Å². The Morgan fingerprint density at radius 2 is 1.79 bits per heavy atom. The van der Waals surface area contributed by atoms with Gasteiger partial charge in [-0.3, -0.25) is 10.1 Å².